The number of ether oxygens (including phenoxy) is 1. The Morgan fingerprint density at radius 2 is 2.31 bits per heavy atom. The predicted molar refractivity (Wildman–Crippen MR) is 66.5 cm³/mol. The van der Waals surface area contributed by atoms with Crippen molar-refractivity contribution < 1.29 is 4.74 Å². The fourth-order valence-electron chi connectivity index (χ4n) is 2.49. The van der Waals surface area contributed by atoms with Gasteiger partial charge in [-0.15, -0.1) is 0 Å². The Bertz CT molecular complexity index is 349. The summed E-state index contributed by atoms with van der Waals surface area (Å²) in [5.74, 6) is 0. The fraction of sp³-hybridized carbons (Fsp3) is 0.571. The van der Waals surface area contributed by atoms with Crippen LogP contribution in [0.2, 0.25) is 0 Å². The number of methoxy groups -OCH3 is 1. The van der Waals surface area contributed by atoms with Crippen LogP contribution >= 0.6 is 0 Å². The normalized spacial score (nSPS) is 19.5. The van der Waals surface area contributed by atoms with Crippen LogP contribution in [0.1, 0.15) is 42.5 Å². The molecule has 0 saturated carbocycles. The molecule has 1 aromatic rings. The van der Waals surface area contributed by atoms with Crippen molar-refractivity contribution >= 4 is 0 Å². The molecule has 0 fully saturated rings. The monoisotopic (exact) mass is 219 g/mol. The number of rotatable bonds is 4. The van der Waals surface area contributed by atoms with Gasteiger partial charge in [-0.2, -0.15) is 0 Å². The van der Waals surface area contributed by atoms with Gasteiger partial charge >= 0.3 is 0 Å². The summed E-state index contributed by atoms with van der Waals surface area (Å²) in [6.45, 7) is 4.07. The Labute approximate surface area is 98.0 Å². The second kappa shape index (κ2) is 5.46. The Morgan fingerprint density at radius 3 is 3.06 bits per heavy atom. The largest absolute Gasteiger partial charge is 0.380 e. The molecule has 0 aliphatic carbocycles. The summed E-state index contributed by atoms with van der Waals surface area (Å²) in [5, 5.41) is 3.60. The molecule has 2 nitrogen and oxygen atoms in total. The molecule has 0 amide bonds. The Balaban J connectivity index is 2.25. The lowest BCUT2D eigenvalue weighted by Gasteiger charge is -2.27. The smallest absolute Gasteiger partial charge is 0.0713 e. The van der Waals surface area contributed by atoms with E-state index in [2.05, 4.69) is 30.4 Å². The molecule has 2 heteroatoms. The molecule has 1 aliphatic rings. The first-order valence-corrected chi connectivity index (χ1v) is 6.19. The minimum Gasteiger partial charge on any atom is -0.380 e. The molecular weight excluding hydrogens is 198 g/mol. The van der Waals surface area contributed by atoms with E-state index >= 15 is 0 Å². The van der Waals surface area contributed by atoms with Crippen LogP contribution in [-0.4, -0.2) is 13.7 Å². The summed E-state index contributed by atoms with van der Waals surface area (Å²) in [5.41, 5.74) is 4.28. The molecule has 1 N–H and O–H groups in total. The quantitative estimate of drug-likeness (QED) is 0.840. The molecule has 0 aromatic heterocycles. The van der Waals surface area contributed by atoms with Crippen LogP contribution in [0.4, 0.5) is 0 Å². The molecule has 1 heterocycles. The highest BCUT2D eigenvalue weighted by Gasteiger charge is 2.18. The van der Waals surface area contributed by atoms with Crippen molar-refractivity contribution in [3.05, 3.63) is 34.9 Å². The number of nitrogens with one attached hydrogen (secondary N) is 1. The van der Waals surface area contributed by atoms with E-state index in [1.54, 1.807) is 7.11 Å². The summed E-state index contributed by atoms with van der Waals surface area (Å²) in [6.07, 6.45) is 3.61. The van der Waals surface area contributed by atoms with E-state index in [4.69, 9.17) is 4.74 Å². The second-order valence-corrected chi connectivity index (χ2v) is 4.51. The minimum atomic E-state index is 0.547. The minimum absolute atomic E-state index is 0.547. The zero-order valence-corrected chi connectivity index (χ0v) is 10.3. The van der Waals surface area contributed by atoms with Gasteiger partial charge in [0.05, 0.1) is 6.61 Å². The van der Waals surface area contributed by atoms with Gasteiger partial charge in [0.15, 0.2) is 0 Å². The highest BCUT2D eigenvalue weighted by atomic mass is 16.5. The van der Waals surface area contributed by atoms with Gasteiger partial charge in [-0.3, -0.25) is 0 Å². The molecule has 16 heavy (non-hydrogen) atoms. The molecule has 1 aromatic carbocycles. The van der Waals surface area contributed by atoms with Gasteiger partial charge in [0.2, 0.25) is 0 Å². The molecule has 1 unspecified atom stereocenters. The van der Waals surface area contributed by atoms with Crippen LogP contribution in [-0.2, 0) is 17.8 Å². The zero-order chi connectivity index (χ0) is 11.4. The Kier molecular flexibility index (Phi) is 3.97. The van der Waals surface area contributed by atoms with Crippen molar-refractivity contribution in [3.8, 4) is 0 Å². The standard InChI is InChI=1S/C14H21NO/c1-3-4-14-13-9-11(10-16-2)5-6-12(13)7-8-15-14/h5-6,9,14-15H,3-4,7-8,10H2,1-2H3. The molecule has 0 spiro atoms. The van der Waals surface area contributed by atoms with Crippen LogP contribution in [0, 0.1) is 0 Å². The first-order chi connectivity index (χ1) is 7.85. The van der Waals surface area contributed by atoms with Crippen molar-refractivity contribution in [2.24, 2.45) is 0 Å². The molecule has 0 bridgehead atoms. The second-order valence-electron chi connectivity index (χ2n) is 4.51. The summed E-state index contributed by atoms with van der Waals surface area (Å²) in [4.78, 5) is 0. The van der Waals surface area contributed by atoms with Crippen molar-refractivity contribution in [1.29, 1.82) is 0 Å². The SMILES string of the molecule is CCCC1NCCc2ccc(COC)cc21. The molecule has 2 rings (SSSR count). The van der Waals surface area contributed by atoms with Crippen molar-refractivity contribution in [2.45, 2.75) is 38.8 Å². The Hall–Kier alpha value is -0.860. The average Bonchev–Trinajstić information content (AvgIpc) is 2.31. The van der Waals surface area contributed by atoms with Gasteiger partial charge in [-0.1, -0.05) is 31.5 Å². The van der Waals surface area contributed by atoms with Crippen LogP contribution in [0.3, 0.4) is 0 Å². The van der Waals surface area contributed by atoms with E-state index in [9.17, 15) is 0 Å². The van der Waals surface area contributed by atoms with Crippen LogP contribution in [0.25, 0.3) is 0 Å². The van der Waals surface area contributed by atoms with Gasteiger partial charge in [-0.05, 0) is 36.1 Å². The number of fused-ring (bicyclic) bond motifs is 1. The van der Waals surface area contributed by atoms with Crippen LogP contribution in [0.15, 0.2) is 18.2 Å². The molecule has 1 aliphatic heterocycles. The molecule has 0 saturated heterocycles. The zero-order valence-electron chi connectivity index (χ0n) is 10.3. The number of hydrogen-bond donors (Lipinski definition) is 1. The third kappa shape index (κ3) is 2.45. The summed E-state index contributed by atoms with van der Waals surface area (Å²) in [7, 11) is 1.75. The molecule has 88 valence electrons. The maximum atomic E-state index is 5.19. The van der Waals surface area contributed by atoms with Gasteiger partial charge in [-0.25, -0.2) is 0 Å². The third-order valence-corrected chi connectivity index (χ3v) is 3.26. The molecule has 0 radical (unpaired) electrons. The third-order valence-electron chi connectivity index (χ3n) is 3.26. The lowest BCUT2D eigenvalue weighted by Crippen LogP contribution is -2.29. The van der Waals surface area contributed by atoms with E-state index in [1.807, 2.05) is 0 Å². The van der Waals surface area contributed by atoms with Crippen molar-refractivity contribution in [2.75, 3.05) is 13.7 Å². The van der Waals surface area contributed by atoms with E-state index in [0.717, 1.165) is 13.0 Å². The van der Waals surface area contributed by atoms with E-state index in [0.29, 0.717) is 12.6 Å². The van der Waals surface area contributed by atoms with Crippen LogP contribution in [0.5, 0.6) is 0 Å². The van der Waals surface area contributed by atoms with E-state index < -0.39 is 0 Å². The topological polar surface area (TPSA) is 21.3 Å². The highest BCUT2D eigenvalue weighted by molar-refractivity contribution is 5.36. The first kappa shape index (κ1) is 11.6. The van der Waals surface area contributed by atoms with Crippen molar-refractivity contribution in [1.82, 2.24) is 5.32 Å². The lowest BCUT2D eigenvalue weighted by atomic mass is 9.90. The van der Waals surface area contributed by atoms with E-state index in [1.165, 1.54) is 29.5 Å². The summed E-state index contributed by atoms with van der Waals surface area (Å²) in [6, 6.07) is 7.32. The maximum Gasteiger partial charge on any atom is 0.0713 e. The number of hydrogen-bond acceptors (Lipinski definition) is 2. The Morgan fingerprint density at radius 1 is 1.44 bits per heavy atom. The van der Waals surface area contributed by atoms with Gasteiger partial charge in [0.25, 0.3) is 0 Å². The van der Waals surface area contributed by atoms with Gasteiger partial charge in [0, 0.05) is 13.2 Å². The maximum absolute atomic E-state index is 5.19. The predicted octanol–water partition coefficient (Wildman–Crippen LogP) is 2.82. The van der Waals surface area contributed by atoms with Crippen LogP contribution < -0.4 is 5.32 Å². The fourth-order valence-corrected chi connectivity index (χ4v) is 2.49. The summed E-state index contributed by atoms with van der Waals surface area (Å²) >= 11 is 0. The van der Waals surface area contributed by atoms with Crippen molar-refractivity contribution in [3.63, 3.8) is 0 Å². The lowest BCUT2D eigenvalue weighted by molar-refractivity contribution is 0.184. The van der Waals surface area contributed by atoms with Gasteiger partial charge in [0.1, 0.15) is 0 Å². The van der Waals surface area contributed by atoms with Gasteiger partial charge < -0.3 is 10.1 Å². The molecule has 1 atom stereocenters. The number of benzene rings is 1. The first-order valence-electron chi connectivity index (χ1n) is 6.19. The average molecular weight is 219 g/mol. The highest BCUT2D eigenvalue weighted by Crippen LogP contribution is 2.27. The van der Waals surface area contributed by atoms with E-state index in [-0.39, 0.29) is 0 Å². The molecular formula is C14H21NO. The summed E-state index contributed by atoms with van der Waals surface area (Å²) < 4.78 is 5.19.